The molecule has 1 atom stereocenters. The largest absolute Gasteiger partial charge is 0.338 e. The fourth-order valence-electron chi connectivity index (χ4n) is 3.97. The van der Waals surface area contributed by atoms with Crippen LogP contribution in [0, 0.1) is 13.8 Å². The van der Waals surface area contributed by atoms with E-state index in [1.165, 1.54) is 5.56 Å². The lowest BCUT2D eigenvalue weighted by molar-refractivity contribution is 0.0748. The van der Waals surface area contributed by atoms with Crippen LogP contribution in [0.4, 0.5) is 0 Å². The highest BCUT2D eigenvalue weighted by molar-refractivity contribution is 7.91. The summed E-state index contributed by atoms with van der Waals surface area (Å²) in [6.45, 7) is 4.64. The van der Waals surface area contributed by atoms with Crippen molar-refractivity contribution >= 4 is 15.7 Å². The fraction of sp³-hybridized carbons (Fsp3) is 0.333. The topological polar surface area (TPSA) is 72.3 Å². The molecule has 0 bridgehead atoms. The average Bonchev–Trinajstić information content (AvgIpc) is 3.32. The molecule has 1 aliphatic heterocycles. The van der Waals surface area contributed by atoms with Gasteiger partial charge in [-0.05, 0) is 43.0 Å². The molecule has 0 spiro atoms. The molecule has 31 heavy (non-hydrogen) atoms. The summed E-state index contributed by atoms with van der Waals surface area (Å²) in [7, 11) is -1.39. The standard InChI is InChI=1S/C24H27N3O3S/c1-17-9-10-20(13-18(17)2)23-22(15-27(25-23)14-19-7-5-4-6-8-19)24(28)26(3)21-11-12-31(29,30)16-21/h4-10,13,15,21H,11-12,14,16H2,1-3H3. The second-order valence-electron chi connectivity index (χ2n) is 8.35. The molecule has 1 amide bonds. The molecule has 6 nitrogen and oxygen atoms in total. The summed E-state index contributed by atoms with van der Waals surface area (Å²) < 4.78 is 25.6. The smallest absolute Gasteiger partial charge is 0.257 e. The van der Waals surface area contributed by atoms with Gasteiger partial charge in [-0.1, -0.05) is 42.5 Å². The number of hydrogen-bond donors (Lipinski definition) is 0. The first kappa shape index (κ1) is 21.3. The first-order valence-corrected chi connectivity index (χ1v) is 12.2. The Bertz CT molecular complexity index is 1220. The van der Waals surface area contributed by atoms with E-state index in [4.69, 9.17) is 5.10 Å². The van der Waals surface area contributed by atoms with Crippen molar-refractivity contribution in [3.8, 4) is 11.3 Å². The van der Waals surface area contributed by atoms with Crippen LogP contribution in [0.3, 0.4) is 0 Å². The summed E-state index contributed by atoms with van der Waals surface area (Å²) in [5.41, 5.74) is 5.39. The van der Waals surface area contributed by atoms with Gasteiger partial charge in [-0.15, -0.1) is 0 Å². The number of rotatable bonds is 5. The van der Waals surface area contributed by atoms with Crippen LogP contribution in [0.2, 0.25) is 0 Å². The zero-order valence-electron chi connectivity index (χ0n) is 18.1. The van der Waals surface area contributed by atoms with E-state index in [1.54, 1.807) is 22.8 Å². The third kappa shape index (κ3) is 4.56. The first-order valence-electron chi connectivity index (χ1n) is 10.4. The minimum atomic E-state index is -3.08. The SMILES string of the molecule is Cc1ccc(-c2nn(Cc3ccccc3)cc2C(=O)N(C)C2CCS(=O)(=O)C2)cc1C. The van der Waals surface area contributed by atoms with Gasteiger partial charge in [0.15, 0.2) is 9.84 Å². The van der Waals surface area contributed by atoms with Gasteiger partial charge in [-0.25, -0.2) is 8.42 Å². The second-order valence-corrected chi connectivity index (χ2v) is 10.6. The lowest BCUT2D eigenvalue weighted by atomic mass is 10.0. The summed E-state index contributed by atoms with van der Waals surface area (Å²) in [4.78, 5) is 15.0. The number of carbonyl (C=O) groups excluding carboxylic acids is 1. The molecule has 1 unspecified atom stereocenters. The Hall–Kier alpha value is -2.93. The van der Waals surface area contributed by atoms with Crippen molar-refractivity contribution < 1.29 is 13.2 Å². The van der Waals surface area contributed by atoms with E-state index in [0.29, 0.717) is 24.2 Å². The van der Waals surface area contributed by atoms with E-state index in [1.807, 2.05) is 62.4 Å². The van der Waals surface area contributed by atoms with Crippen LogP contribution in [0.5, 0.6) is 0 Å². The van der Waals surface area contributed by atoms with Crippen molar-refractivity contribution in [1.82, 2.24) is 14.7 Å². The predicted molar refractivity (Wildman–Crippen MR) is 122 cm³/mol. The highest BCUT2D eigenvalue weighted by Gasteiger charge is 2.34. The monoisotopic (exact) mass is 437 g/mol. The van der Waals surface area contributed by atoms with Crippen molar-refractivity contribution in [3.63, 3.8) is 0 Å². The number of aromatic nitrogens is 2. The Balaban J connectivity index is 1.72. The molecular weight excluding hydrogens is 410 g/mol. The van der Waals surface area contributed by atoms with Crippen molar-refractivity contribution in [2.75, 3.05) is 18.6 Å². The third-order valence-electron chi connectivity index (χ3n) is 6.04. The molecule has 2 heterocycles. The van der Waals surface area contributed by atoms with E-state index in [0.717, 1.165) is 16.7 Å². The molecule has 0 N–H and O–H groups in total. The molecule has 0 aliphatic carbocycles. The summed E-state index contributed by atoms with van der Waals surface area (Å²) in [6.07, 6.45) is 2.25. The summed E-state index contributed by atoms with van der Waals surface area (Å²) >= 11 is 0. The van der Waals surface area contributed by atoms with Crippen LogP contribution in [-0.4, -0.2) is 53.6 Å². The van der Waals surface area contributed by atoms with Crippen molar-refractivity contribution in [3.05, 3.63) is 77.0 Å². The van der Waals surface area contributed by atoms with E-state index < -0.39 is 9.84 Å². The Morgan fingerprint density at radius 3 is 2.52 bits per heavy atom. The number of aryl methyl sites for hydroxylation is 2. The zero-order valence-corrected chi connectivity index (χ0v) is 18.9. The van der Waals surface area contributed by atoms with Gasteiger partial charge in [0.05, 0.1) is 23.6 Å². The Labute approximate surface area is 183 Å². The molecule has 1 saturated heterocycles. The summed E-state index contributed by atoms with van der Waals surface area (Å²) in [5, 5.41) is 4.76. The molecule has 0 saturated carbocycles. The van der Waals surface area contributed by atoms with Gasteiger partial charge in [-0.2, -0.15) is 5.10 Å². The van der Waals surface area contributed by atoms with E-state index >= 15 is 0 Å². The van der Waals surface area contributed by atoms with Gasteiger partial charge in [0.25, 0.3) is 5.91 Å². The molecule has 1 aromatic heterocycles. The lowest BCUT2D eigenvalue weighted by Gasteiger charge is -2.23. The summed E-state index contributed by atoms with van der Waals surface area (Å²) in [6, 6.07) is 15.7. The molecule has 162 valence electrons. The van der Waals surface area contributed by atoms with Crippen LogP contribution in [0.1, 0.15) is 33.5 Å². The lowest BCUT2D eigenvalue weighted by Crippen LogP contribution is -2.37. The van der Waals surface area contributed by atoms with Gasteiger partial charge in [-0.3, -0.25) is 9.48 Å². The van der Waals surface area contributed by atoms with Crippen LogP contribution in [0.15, 0.2) is 54.7 Å². The molecule has 2 aromatic carbocycles. The normalized spacial score (nSPS) is 17.6. The first-order chi connectivity index (χ1) is 14.7. The van der Waals surface area contributed by atoms with Crippen molar-refractivity contribution in [1.29, 1.82) is 0 Å². The van der Waals surface area contributed by atoms with E-state index in [-0.39, 0.29) is 23.5 Å². The highest BCUT2D eigenvalue weighted by atomic mass is 32.2. The van der Waals surface area contributed by atoms with Crippen LogP contribution < -0.4 is 0 Å². The molecule has 4 rings (SSSR count). The predicted octanol–water partition coefficient (Wildman–Crippen LogP) is 3.47. The molecule has 0 radical (unpaired) electrons. The molecule has 3 aromatic rings. The molecule has 1 fully saturated rings. The Morgan fingerprint density at radius 2 is 1.87 bits per heavy atom. The molecule has 1 aliphatic rings. The highest BCUT2D eigenvalue weighted by Crippen LogP contribution is 2.27. The quantitative estimate of drug-likeness (QED) is 0.613. The Morgan fingerprint density at radius 1 is 1.13 bits per heavy atom. The Kier molecular flexibility index (Phi) is 5.71. The van der Waals surface area contributed by atoms with E-state index in [2.05, 4.69) is 0 Å². The fourth-order valence-corrected chi connectivity index (χ4v) is 5.74. The van der Waals surface area contributed by atoms with Gasteiger partial charge in [0.2, 0.25) is 0 Å². The average molecular weight is 438 g/mol. The number of carbonyl (C=O) groups is 1. The van der Waals surface area contributed by atoms with Crippen molar-refractivity contribution in [2.45, 2.75) is 32.9 Å². The molecular formula is C24H27N3O3S. The number of nitrogens with zero attached hydrogens (tertiary/aromatic N) is 3. The minimum Gasteiger partial charge on any atom is -0.338 e. The minimum absolute atomic E-state index is 0.0202. The maximum Gasteiger partial charge on any atom is 0.257 e. The number of benzene rings is 2. The van der Waals surface area contributed by atoms with Gasteiger partial charge < -0.3 is 4.90 Å². The van der Waals surface area contributed by atoms with Gasteiger partial charge in [0, 0.05) is 24.8 Å². The van der Waals surface area contributed by atoms with Gasteiger partial charge in [0.1, 0.15) is 5.69 Å². The van der Waals surface area contributed by atoms with Gasteiger partial charge >= 0.3 is 0 Å². The number of hydrogen-bond acceptors (Lipinski definition) is 4. The van der Waals surface area contributed by atoms with Crippen LogP contribution >= 0.6 is 0 Å². The van der Waals surface area contributed by atoms with Crippen molar-refractivity contribution in [2.24, 2.45) is 0 Å². The third-order valence-corrected chi connectivity index (χ3v) is 7.79. The zero-order chi connectivity index (χ0) is 22.2. The second kappa shape index (κ2) is 8.30. The van der Waals surface area contributed by atoms with Crippen LogP contribution in [-0.2, 0) is 16.4 Å². The maximum absolute atomic E-state index is 13.4. The summed E-state index contributed by atoms with van der Waals surface area (Å²) in [5.74, 6) is -0.0477. The number of amides is 1. The number of sulfone groups is 1. The maximum atomic E-state index is 13.4. The van der Waals surface area contributed by atoms with E-state index in [9.17, 15) is 13.2 Å². The molecule has 7 heteroatoms. The van der Waals surface area contributed by atoms with Crippen LogP contribution in [0.25, 0.3) is 11.3 Å².